The van der Waals surface area contributed by atoms with Crippen molar-refractivity contribution in [2.45, 2.75) is 57.4 Å². The van der Waals surface area contributed by atoms with Crippen molar-refractivity contribution in [3.8, 4) is 0 Å². The van der Waals surface area contributed by atoms with Crippen LogP contribution in [0.25, 0.3) is 0 Å². The lowest BCUT2D eigenvalue weighted by atomic mass is 9.86. The number of aliphatic hydroxyl groups is 2. The number of hydrogen-bond donors (Lipinski definition) is 3. The summed E-state index contributed by atoms with van der Waals surface area (Å²) in [6, 6.07) is 3.38. The Morgan fingerprint density at radius 1 is 1.26 bits per heavy atom. The van der Waals surface area contributed by atoms with E-state index in [0.717, 1.165) is 36.9 Å². The molecule has 1 fully saturated rings. The molecule has 2 atom stereocenters. The van der Waals surface area contributed by atoms with Crippen LogP contribution in [-0.4, -0.2) is 21.0 Å². The Bertz CT molecular complexity index is 490. The molecule has 1 saturated carbocycles. The van der Waals surface area contributed by atoms with Crippen molar-refractivity contribution in [2.24, 2.45) is 5.73 Å². The fraction of sp³-hybridized carbons (Fsp3) is 0.643. The lowest BCUT2D eigenvalue weighted by molar-refractivity contribution is -0.0292. The van der Waals surface area contributed by atoms with Gasteiger partial charge in [-0.1, -0.05) is 19.3 Å². The molecule has 2 rings (SSSR count). The summed E-state index contributed by atoms with van der Waals surface area (Å²) in [6.45, 7) is 1.86. The zero-order valence-corrected chi connectivity index (χ0v) is 11.2. The van der Waals surface area contributed by atoms with E-state index in [2.05, 4.69) is 0 Å². The molecule has 1 heterocycles. The van der Waals surface area contributed by atoms with Crippen LogP contribution in [0.2, 0.25) is 0 Å². The lowest BCUT2D eigenvalue weighted by Crippen LogP contribution is -2.39. The summed E-state index contributed by atoms with van der Waals surface area (Å²) in [5.41, 5.74) is 6.68. The Balaban J connectivity index is 2.47. The standard InChI is InChI=1S/C14H22N2O3/c1-9-7-11(10-5-3-2-4-6-10)16(12(17)8-9)14(19)13(15)18/h7-8,10,13-14,18-19H,2-6,15H2,1H3. The first-order valence-corrected chi connectivity index (χ1v) is 6.85. The Morgan fingerprint density at radius 2 is 1.89 bits per heavy atom. The molecule has 2 unspecified atom stereocenters. The van der Waals surface area contributed by atoms with E-state index in [4.69, 9.17) is 5.73 Å². The summed E-state index contributed by atoms with van der Waals surface area (Å²) in [7, 11) is 0. The van der Waals surface area contributed by atoms with Crippen LogP contribution in [0, 0.1) is 6.92 Å². The minimum Gasteiger partial charge on any atom is -0.374 e. The van der Waals surface area contributed by atoms with Crippen molar-refractivity contribution in [3.05, 3.63) is 33.7 Å². The molecular formula is C14H22N2O3. The third-order valence-electron chi connectivity index (χ3n) is 3.84. The number of rotatable bonds is 3. The fourth-order valence-electron chi connectivity index (χ4n) is 2.88. The third kappa shape index (κ3) is 3.05. The predicted octanol–water partition coefficient (Wildman–Crippen LogP) is 0.972. The summed E-state index contributed by atoms with van der Waals surface area (Å²) in [5.74, 6) is 0.259. The highest BCUT2D eigenvalue weighted by atomic mass is 16.4. The molecule has 5 nitrogen and oxygen atoms in total. The zero-order chi connectivity index (χ0) is 14.0. The van der Waals surface area contributed by atoms with Gasteiger partial charge in [-0.25, -0.2) is 0 Å². The molecule has 4 N–H and O–H groups in total. The fourth-order valence-corrected chi connectivity index (χ4v) is 2.88. The molecule has 5 heteroatoms. The average molecular weight is 266 g/mol. The number of pyridine rings is 1. The first-order chi connectivity index (χ1) is 9.00. The SMILES string of the molecule is Cc1cc(C2CCCCC2)n(C(O)C(N)O)c(=O)c1. The molecule has 0 radical (unpaired) electrons. The van der Waals surface area contributed by atoms with Crippen molar-refractivity contribution in [1.82, 2.24) is 4.57 Å². The summed E-state index contributed by atoms with van der Waals surface area (Å²) in [4.78, 5) is 12.1. The van der Waals surface area contributed by atoms with Gasteiger partial charge in [-0.05, 0) is 37.3 Å². The number of aromatic nitrogens is 1. The second-order valence-corrected chi connectivity index (χ2v) is 5.40. The van der Waals surface area contributed by atoms with E-state index in [1.165, 1.54) is 17.1 Å². The van der Waals surface area contributed by atoms with Crippen molar-refractivity contribution in [2.75, 3.05) is 0 Å². The van der Waals surface area contributed by atoms with Gasteiger partial charge in [-0.2, -0.15) is 0 Å². The van der Waals surface area contributed by atoms with Gasteiger partial charge in [-0.3, -0.25) is 9.36 Å². The summed E-state index contributed by atoms with van der Waals surface area (Å²) in [6.07, 6.45) is 2.66. The number of aliphatic hydroxyl groups excluding tert-OH is 2. The molecule has 0 aliphatic heterocycles. The maximum absolute atomic E-state index is 12.1. The van der Waals surface area contributed by atoms with Gasteiger partial charge in [0.2, 0.25) is 0 Å². The molecule has 0 spiro atoms. The molecule has 19 heavy (non-hydrogen) atoms. The second kappa shape index (κ2) is 5.86. The van der Waals surface area contributed by atoms with E-state index in [9.17, 15) is 15.0 Å². The van der Waals surface area contributed by atoms with Crippen LogP contribution >= 0.6 is 0 Å². The lowest BCUT2D eigenvalue weighted by Gasteiger charge is -2.28. The van der Waals surface area contributed by atoms with Crippen LogP contribution in [0.15, 0.2) is 16.9 Å². The smallest absolute Gasteiger partial charge is 0.253 e. The zero-order valence-electron chi connectivity index (χ0n) is 11.2. The van der Waals surface area contributed by atoms with E-state index < -0.39 is 12.5 Å². The monoisotopic (exact) mass is 266 g/mol. The van der Waals surface area contributed by atoms with Gasteiger partial charge in [0.25, 0.3) is 5.56 Å². The van der Waals surface area contributed by atoms with Crippen LogP contribution in [0.3, 0.4) is 0 Å². The van der Waals surface area contributed by atoms with E-state index in [-0.39, 0.29) is 11.5 Å². The highest BCUT2D eigenvalue weighted by molar-refractivity contribution is 5.20. The Hall–Kier alpha value is -1.17. The van der Waals surface area contributed by atoms with E-state index in [0.29, 0.717) is 0 Å². The van der Waals surface area contributed by atoms with Crippen LogP contribution < -0.4 is 11.3 Å². The van der Waals surface area contributed by atoms with Gasteiger partial charge in [0.1, 0.15) is 6.23 Å². The maximum atomic E-state index is 12.1. The van der Waals surface area contributed by atoms with Gasteiger partial charge in [-0.15, -0.1) is 0 Å². The van der Waals surface area contributed by atoms with E-state index >= 15 is 0 Å². The molecule has 106 valence electrons. The molecule has 1 aromatic rings. The van der Waals surface area contributed by atoms with Crippen LogP contribution in [0.4, 0.5) is 0 Å². The normalized spacial score (nSPS) is 20.2. The topological polar surface area (TPSA) is 88.5 Å². The van der Waals surface area contributed by atoms with Gasteiger partial charge < -0.3 is 15.9 Å². The third-order valence-corrected chi connectivity index (χ3v) is 3.84. The Morgan fingerprint density at radius 3 is 2.47 bits per heavy atom. The number of hydrogen-bond acceptors (Lipinski definition) is 4. The van der Waals surface area contributed by atoms with Gasteiger partial charge in [0.05, 0.1) is 0 Å². The van der Waals surface area contributed by atoms with Crippen molar-refractivity contribution in [3.63, 3.8) is 0 Å². The second-order valence-electron chi connectivity index (χ2n) is 5.40. The minimum absolute atomic E-state index is 0.259. The van der Waals surface area contributed by atoms with Gasteiger partial charge in [0.15, 0.2) is 6.23 Å². The molecule has 0 amide bonds. The molecule has 1 aliphatic carbocycles. The summed E-state index contributed by atoms with van der Waals surface area (Å²) in [5, 5.41) is 19.3. The van der Waals surface area contributed by atoms with Crippen LogP contribution in [0.1, 0.15) is 55.5 Å². The quantitative estimate of drug-likeness (QED) is 0.711. The first kappa shape index (κ1) is 14.2. The molecule has 0 saturated heterocycles. The molecule has 0 aromatic carbocycles. The summed E-state index contributed by atoms with van der Waals surface area (Å²) >= 11 is 0. The number of nitrogens with zero attached hydrogens (tertiary/aromatic N) is 1. The van der Waals surface area contributed by atoms with Crippen LogP contribution in [0.5, 0.6) is 0 Å². The molecular weight excluding hydrogens is 244 g/mol. The maximum Gasteiger partial charge on any atom is 0.253 e. The van der Waals surface area contributed by atoms with Crippen molar-refractivity contribution in [1.29, 1.82) is 0 Å². The molecule has 1 aromatic heterocycles. The average Bonchev–Trinajstić information content (AvgIpc) is 2.38. The van der Waals surface area contributed by atoms with E-state index in [1.807, 2.05) is 13.0 Å². The summed E-state index contributed by atoms with van der Waals surface area (Å²) < 4.78 is 1.24. The molecule has 0 bridgehead atoms. The molecule has 1 aliphatic rings. The highest BCUT2D eigenvalue weighted by Crippen LogP contribution is 2.33. The Labute approximate surface area is 112 Å². The largest absolute Gasteiger partial charge is 0.374 e. The van der Waals surface area contributed by atoms with Crippen molar-refractivity contribution >= 4 is 0 Å². The Kier molecular flexibility index (Phi) is 4.39. The predicted molar refractivity (Wildman–Crippen MR) is 72.7 cm³/mol. The highest BCUT2D eigenvalue weighted by Gasteiger charge is 2.24. The number of aryl methyl sites for hydroxylation is 1. The van der Waals surface area contributed by atoms with Crippen molar-refractivity contribution < 1.29 is 10.2 Å². The number of nitrogens with two attached hydrogens (primary N) is 1. The van der Waals surface area contributed by atoms with Gasteiger partial charge >= 0.3 is 0 Å². The van der Waals surface area contributed by atoms with Gasteiger partial charge in [0, 0.05) is 11.8 Å². The van der Waals surface area contributed by atoms with Crippen LogP contribution in [-0.2, 0) is 0 Å². The van der Waals surface area contributed by atoms with E-state index in [1.54, 1.807) is 0 Å². The minimum atomic E-state index is -1.46. The first-order valence-electron chi connectivity index (χ1n) is 6.85.